The lowest BCUT2D eigenvalue weighted by atomic mass is 10.2. The van der Waals surface area contributed by atoms with Crippen LogP contribution in [0.25, 0.3) is 0 Å². The van der Waals surface area contributed by atoms with E-state index in [9.17, 15) is 14.7 Å². The predicted octanol–water partition coefficient (Wildman–Crippen LogP) is 0.460. The Labute approximate surface area is 87.2 Å². The van der Waals surface area contributed by atoms with E-state index in [1.54, 1.807) is 30.3 Å². The largest absolute Gasteiger partial charge is 0.369 e. The Morgan fingerprint density at radius 1 is 1.40 bits per heavy atom. The average Bonchev–Trinajstić information content (AvgIpc) is 2.29. The Kier molecular flexibility index (Phi) is 3.76. The maximum absolute atomic E-state index is 11.1. The molecule has 0 aliphatic heterocycles. The molecule has 2 N–H and O–H groups in total. The minimum atomic E-state index is -1.15. The van der Waals surface area contributed by atoms with Gasteiger partial charge in [0.2, 0.25) is 6.29 Å². The van der Waals surface area contributed by atoms with Crippen molar-refractivity contribution in [3.8, 4) is 0 Å². The van der Waals surface area contributed by atoms with Gasteiger partial charge in [0.25, 0.3) is 5.91 Å². The number of aliphatic hydroxyl groups excluding tert-OH is 1. The molecule has 15 heavy (non-hydrogen) atoms. The van der Waals surface area contributed by atoms with Gasteiger partial charge in [0.1, 0.15) is 0 Å². The number of hydrogen-bond acceptors (Lipinski definition) is 3. The molecule has 0 fully saturated rings. The van der Waals surface area contributed by atoms with Crippen LogP contribution in [0.1, 0.15) is 11.8 Å². The Balaban J connectivity index is 2.64. The highest BCUT2D eigenvalue weighted by Crippen LogP contribution is 2.08. The quantitative estimate of drug-likeness (QED) is 0.324. The van der Waals surface area contributed by atoms with E-state index in [1.807, 2.05) is 0 Å². The normalized spacial score (nSPS) is 11.5. The van der Waals surface area contributed by atoms with Gasteiger partial charge in [-0.15, -0.1) is 0 Å². The van der Waals surface area contributed by atoms with Crippen molar-refractivity contribution in [1.29, 1.82) is 0 Å². The molecule has 0 bridgehead atoms. The van der Waals surface area contributed by atoms with E-state index in [4.69, 9.17) is 0 Å². The Bertz CT molecular complexity index is 373. The summed E-state index contributed by atoms with van der Waals surface area (Å²) in [5.74, 6) is -0.735. The van der Waals surface area contributed by atoms with Crippen LogP contribution in [0, 0.1) is 0 Å². The van der Waals surface area contributed by atoms with Crippen molar-refractivity contribution in [2.75, 3.05) is 0 Å². The summed E-state index contributed by atoms with van der Waals surface area (Å²) in [7, 11) is 0. The highest BCUT2D eigenvalue weighted by molar-refractivity contribution is 6.10. The third kappa shape index (κ3) is 3.03. The van der Waals surface area contributed by atoms with E-state index >= 15 is 0 Å². The smallest absolute Gasteiger partial charge is 0.257 e. The molecule has 0 saturated carbocycles. The van der Waals surface area contributed by atoms with Crippen LogP contribution in [0.15, 0.2) is 42.5 Å². The van der Waals surface area contributed by atoms with Crippen molar-refractivity contribution in [3.63, 3.8) is 0 Å². The molecule has 1 radical (unpaired) electrons. The van der Waals surface area contributed by atoms with Gasteiger partial charge in [-0.3, -0.25) is 9.59 Å². The van der Waals surface area contributed by atoms with E-state index in [0.717, 1.165) is 0 Å². The van der Waals surface area contributed by atoms with Gasteiger partial charge < -0.3 is 10.4 Å². The predicted molar refractivity (Wildman–Crippen MR) is 54.4 cm³/mol. The van der Waals surface area contributed by atoms with Crippen LogP contribution < -0.4 is 5.32 Å². The van der Waals surface area contributed by atoms with Crippen molar-refractivity contribution in [1.82, 2.24) is 5.32 Å². The van der Waals surface area contributed by atoms with Crippen molar-refractivity contribution < 1.29 is 14.7 Å². The monoisotopic (exact) mass is 204 g/mol. The first-order chi connectivity index (χ1) is 7.15. The molecule has 1 unspecified atom stereocenters. The number of amides is 1. The number of rotatable bonds is 4. The first-order valence-electron chi connectivity index (χ1n) is 4.26. The van der Waals surface area contributed by atoms with Gasteiger partial charge in [-0.1, -0.05) is 36.9 Å². The molecule has 0 saturated heterocycles. The minimum absolute atomic E-state index is 0.343. The second kappa shape index (κ2) is 5.07. The molecule has 0 aromatic heterocycles. The molecule has 1 rings (SSSR count). The fourth-order valence-corrected chi connectivity index (χ4v) is 0.976. The molecule has 4 heteroatoms. The highest BCUT2D eigenvalue weighted by Gasteiger charge is 2.12. The molecule has 1 amide bonds. The number of carbonyl (C=O) groups is 1. The molecule has 1 aromatic rings. The lowest BCUT2D eigenvalue weighted by Crippen LogP contribution is -2.29. The van der Waals surface area contributed by atoms with Crippen molar-refractivity contribution in [2.45, 2.75) is 6.23 Å². The van der Waals surface area contributed by atoms with E-state index in [1.165, 1.54) is 6.29 Å². The van der Waals surface area contributed by atoms with E-state index < -0.39 is 12.1 Å². The summed E-state index contributed by atoms with van der Waals surface area (Å²) in [5.41, 5.74) is 0.189. The van der Waals surface area contributed by atoms with Crippen LogP contribution in [0.4, 0.5) is 0 Å². The van der Waals surface area contributed by atoms with Gasteiger partial charge in [0.05, 0.1) is 5.57 Å². The van der Waals surface area contributed by atoms with Gasteiger partial charge in [-0.05, 0) is 0 Å². The summed E-state index contributed by atoms with van der Waals surface area (Å²) in [6.07, 6.45) is 0.205. The molecule has 0 aliphatic carbocycles. The molecular formula is C11H10NO3. The Hall–Kier alpha value is -1.94. The third-order valence-corrected chi connectivity index (χ3v) is 1.78. The Morgan fingerprint density at radius 2 is 2.00 bits per heavy atom. The zero-order chi connectivity index (χ0) is 11.3. The summed E-state index contributed by atoms with van der Waals surface area (Å²) in [4.78, 5) is 21.2. The molecule has 77 valence electrons. The summed E-state index contributed by atoms with van der Waals surface area (Å²) in [6, 6.07) is 8.55. The fourth-order valence-electron chi connectivity index (χ4n) is 0.976. The number of carbonyl (C=O) groups excluding carboxylic acids is 2. The second-order valence-corrected chi connectivity index (χ2v) is 2.87. The minimum Gasteiger partial charge on any atom is -0.369 e. The number of nitrogens with one attached hydrogen (secondary N) is 1. The van der Waals surface area contributed by atoms with Crippen LogP contribution in [0.2, 0.25) is 0 Å². The molecular weight excluding hydrogens is 194 g/mol. The first-order valence-corrected chi connectivity index (χ1v) is 4.26. The van der Waals surface area contributed by atoms with Crippen LogP contribution in [0.3, 0.4) is 0 Å². The van der Waals surface area contributed by atoms with Gasteiger partial charge in [0.15, 0.2) is 6.23 Å². The standard InChI is InChI=1S/C11H10NO3/c1-8(7-13)10(14)12-11(15)9-5-3-2-4-6-9/h2-6,11,15H,1H2,(H,12,14). The highest BCUT2D eigenvalue weighted by atomic mass is 16.3. The number of aliphatic hydroxyl groups is 1. The first kappa shape index (κ1) is 11.1. The van der Waals surface area contributed by atoms with Crippen molar-refractivity contribution in [3.05, 3.63) is 48.0 Å². The molecule has 1 aromatic carbocycles. The zero-order valence-corrected chi connectivity index (χ0v) is 7.93. The van der Waals surface area contributed by atoms with E-state index in [-0.39, 0.29) is 5.57 Å². The SMILES string of the molecule is C=C([C]=O)C(=O)NC(O)c1ccccc1. The van der Waals surface area contributed by atoms with Crippen LogP contribution in [-0.4, -0.2) is 17.3 Å². The maximum Gasteiger partial charge on any atom is 0.257 e. The Morgan fingerprint density at radius 3 is 2.53 bits per heavy atom. The molecule has 4 nitrogen and oxygen atoms in total. The van der Waals surface area contributed by atoms with Gasteiger partial charge in [-0.25, -0.2) is 0 Å². The van der Waals surface area contributed by atoms with E-state index in [2.05, 4.69) is 11.9 Å². The number of benzene rings is 1. The summed E-state index contributed by atoms with van der Waals surface area (Å²) < 4.78 is 0. The van der Waals surface area contributed by atoms with Gasteiger partial charge >= 0.3 is 0 Å². The van der Waals surface area contributed by atoms with Crippen LogP contribution in [-0.2, 0) is 9.59 Å². The van der Waals surface area contributed by atoms with Gasteiger partial charge in [-0.2, -0.15) is 0 Å². The molecule has 0 heterocycles. The van der Waals surface area contributed by atoms with Gasteiger partial charge in [0, 0.05) is 5.56 Å². The van der Waals surface area contributed by atoms with Crippen LogP contribution >= 0.6 is 0 Å². The third-order valence-electron chi connectivity index (χ3n) is 1.78. The molecule has 0 spiro atoms. The van der Waals surface area contributed by atoms with E-state index in [0.29, 0.717) is 5.56 Å². The van der Waals surface area contributed by atoms with Crippen molar-refractivity contribution in [2.24, 2.45) is 0 Å². The topological polar surface area (TPSA) is 66.4 Å². The summed E-state index contributed by atoms with van der Waals surface area (Å²) in [6.45, 7) is 3.17. The fraction of sp³-hybridized carbons (Fsp3) is 0.0909. The summed E-state index contributed by atoms with van der Waals surface area (Å²) in [5, 5.41) is 11.7. The summed E-state index contributed by atoms with van der Waals surface area (Å²) >= 11 is 0. The van der Waals surface area contributed by atoms with Crippen molar-refractivity contribution >= 4 is 12.2 Å². The zero-order valence-electron chi connectivity index (χ0n) is 7.93. The molecule has 1 atom stereocenters. The lowest BCUT2D eigenvalue weighted by molar-refractivity contribution is -0.119. The maximum atomic E-state index is 11.1. The lowest BCUT2D eigenvalue weighted by Gasteiger charge is -2.12. The average molecular weight is 204 g/mol. The van der Waals surface area contributed by atoms with Crippen LogP contribution in [0.5, 0.6) is 0 Å². The second-order valence-electron chi connectivity index (χ2n) is 2.87. The number of hydrogen-bond donors (Lipinski definition) is 2. The molecule has 0 aliphatic rings.